The Kier molecular flexibility index (Phi) is 4.54. The number of hydrogen-bond donors (Lipinski definition) is 1. The van der Waals surface area contributed by atoms with Crippen molar-refractivity contribution in [2.45, 2.75) is 18.6 Å². The van der Waals surface area contributed by atoms with Crippen LogP contribution in [0.2, 0.25) is 5.02 Å². The summed E-state index contributed by atoms with van der Waals surface area (Å²) in [5, 5.41) is -0.0321. The Labute approximate surface area is 124 Å². The summed E-state index contributed by atoms with van der Waals surface area (Å²) in [5.41, 5.74) is 6.55. The molecule has 0 aliphatic carbocycles. The van der Waals surface area contributed by atoms with Crippen LogP contribution in [-0.2, 0) is 12.6 Å². The van der Waals surface area contributed by atoms with E-state index in [0.717, 1.165) is 12.1 Å². The molecule has 0 saturated heterocycles. The van der Waals surface area contributed by atoms with E-state index in [0.29, 0.717) is 17.5 Å². The largest absolute Gasteiger partial charge is 0.416 e. The van der Waals surface area contributed by atoms with E-state index in [9.17, 15) is 17.6 Å². The maximum Gasteiger partial charge on any atom is 0.416 e. The average Bonchev–Trinajstić information content (AvgIpc) is 2.41. The molecular weight excluding hydrogens is 306 g/mol. The minimum atomic E-state index is -4.36. The van der Waals surface area contributed by atoms with E-state index in [1.807, 2.05) is 0 Å². The van der Waals surface area contributed by atoms with Gasteiger partial charge in [0.15, 0.2) is 0 Å². The summed E-state index contributed by atoms with van der Waals surface area (Å²) in [6.45, 7) is 0. The van der Waals surface area contributed by atoms with Crippen LogP contribution >= 0.6 is 11.6 Å². The first-order valence-electron chi connectivity index (χ1n) is 6.14. The van der Waals surface area contributed by atoms with Gasteiger partial charge < -0.3 is 5.73 Å². The van der Waals surface area contributed by atoms with Crippen LogP contribution in [0.3, 0.4) is 0 Å². The molecule has 0 aromatic heterocycles. The topological polar surface area (TPSA) is 26.0 Å². The van der Waals surface area contributed by atoms with Crippen LogP contribution in [0.1, 0.15) is 22.7 Å². The van der Waals surface area contributed by atoms with Gasteiger partial charge in [0.2, 0.25) is 0 Å². The monoisotopic (exact) mass is 317 g/mol. The fourth-order valence-electron chi connectivity index (χ4n) is 1.94. The lowest BCUT2D eigenvalue weighted by molar-refractivity contribution is -0.137. The third kappa shape index (κ3) is 3.95. The molecule has 0 spiro atoms. The Morgan fingerprint density at radius 3 is 2.19 bits per heavy atom. The summed E-state index contributed by atoms with van der Waals surface area (Å²) in [6, 6.07) is 8.47. The first-order valence-corrected chi connectivity index (χ1v) is 6.52. The molecule has 0 radical (unpaired) electrons. The Hall–Kier alpha value is -1.59. The molecule has 1 unspecified atom stereocenters. The van der Waals surface area contributed by atoms with E-state index in [-0.39, 0.29) is 5.02 Å². The molecular formula is C15H12ClF4N. The fourth-order valence-corrected chi connectivity index (χ4v) is 2.13. The van der Waals surface area contributed by atoms with Gasteiger partial charge in [0.25, 0.3) is 0 Å². The zero-order valence-electron chi connectivity index (χ0n) is 10.8. The van der Waals surface area contributed by atoms with Crippen molar-refractivity contribution >= 4 is 11.6 Å². The molecule has 1 atom stereocenters. The maximum absolute atomic E-state index is 13.1. The van der Waals surface area contributed by atoms with Gasteiger partial charge in [-0.15, -0.1) is 0 Å². The predicted molar refractivity (Wildman–Crippen MR) is 73.5 cm³/mol. The van der Waals surface area contributed by atoms with Gasteiger partial charge in [0.1, 0.15) is 5.82 Å². The van der Waals surface area contributed by atoms with Gasteiger partial charge in [-0.1, -0.05) is 29.8 Å². The quantitative estimate of drug-likeness (QED) is 0.813. The number of alkyl halides is 3. The third-order valence-corrected chi connectivity index (χ3v) is 3.40. The smallest absolute Gasteiger partial charge is 0.324 e. The van der Waals surface area contributed by atoms with Crippen molar-refractivity contribution in [3.8, 4) is 0 Å². The zero-order chi connectivity index (χ0) is 15.6. The number of halogens is 5. The number of hydrogen-bond acceptors (Lipinski definition) is 1. The van der Waals surface area contributed by atoms with Crippen LogP contribution in [0.25, 0.3) is 0 Å². The summed E-state index contributed by atoms with van der Waals surface area (Å²) >= 11 is 5.68. The average molecular weight is 318 g/mol. The molecule has 0 saturated carbocycles. The van der Waals surface area contributed by atoms with E-state index in [2.05, 4.69) is 0 Å². The molecule has 0 amide bonds. The number of benzene rings is 2. The Morgan fingerprint density at radius 1 is 1.05 bits per heavy atom. The molecule has 0 bridgehead atoms. The van der Waals surface area contributed by atoms with Gasteiger partial charge in [0, 0.05) is 6.04 Å². The molecule has 2 rings (SSSR count). The lowest BCUT2D eigenvalue weighted by atomic mass is 9.99. The minimum Gasteiger partial charge on any atom is -0.324 e. The lowest BCUT2D eigenvalue weighted by Gasteiger charge is -2.13. The van der Waals surface area contributed by atoms with Crippen molar-refractivity contribution in [2.75, 3.05) is 0 Å². The second kappa shape index (κ2) is 6.03. The normalized spacial score (nSPS) is 13.2. The SMILES string of the molecule is NC(Cc1ccc(C(F)(F)F)cc1)c1ccc(F)c(Cl)c1. The Bertz CT molecular complexity index is 623. The highest BCUT2D eigenvalue weighted by atomic mass is 35.5. The van der Waals surface area contributed by atoms with Gasteiger partial charge >= 0.3 is 6.18 Å². The van der Waals surface area contributed by atoms with Crippen molar-refractivity contribution < 1.29 is 17.6 Å². The molecule has 1 nitrogen and oxygen atoms in total. The second-order valence-corrected chi connectivity index (χ2v) is 5.09. The van der Waals surface area contributed by atoms with Crippen LogP contribution < -0.4 is 5.73 Å². The molecule has 21 heavy (non-hydrogen) atoms. The van der Waals surface area contributed by atoms with Crippen LogP contribution in [0.5, 0.6) is 0 Å². The van der Waals surface area contributed by atoms with Gasteiger partial charge in [0.05, 0.1) is 10.6 Å². The second-order valence-electron chi connectivity index (χ2n) is 4.68. The zero-order valence-corrected chi connectivity index (χ0v) is 11.5. The minimum absolute atomic E-state index is 0.0321. The molecule has 2 aromatic carbocycles. The standard InChI is InChI=1S/C15H12ClF4N/c16-12-8-10(3-6-13(12)17)14(21)7-9-1-4-11(5-2-9)15(18,19)20/h1-6,8,14H,7,21H2. The highest BCUT2D eigenvalue weighted by Crippen LogP contribution is 2.29. The van der Waals surface area contributed by atoms with E-state index in [4.69, 9.17) is 17.3 Å². The van der Waals surface area contributed by atoms with Crippen molar-refractivity contribution in [2.24, 2.45) is 5.73 Å². The van der Waals surface area contributed by atoms with Gasteiger partial charge in [-0.25, -0.2) is 4.39 Å². The fraction of sp³-hybridized carbons (Fsp3) is 0.200. The van der Waals surface area contributed by atoms with Crippen molar-refractivity contribution in [3.63, 3.8) is 0 Å². The van der Waals surface area contributed by atoms with E-state index < -0.39 is 23.6 Å². The summed E-state index contributed by atoms with van der Waals surface area (Å²) < 4.78 is 50.4. The third-order valence-electron chi connectivity index (χ3n) is 3.11. The van der Waals surface area contributed by atoms with Crippen LogP contribution in [-0.4, -0.2) is 0 Å². The van der Waals surface area contributed by atoms with E-state index in [1.54, 1.807) is 0 Å². The Morgan fingerprint density at radius 2 is 1.67 bits per heavy atom. The Balaban J connectivity index is 2.12. The summed E-state index contributed by atoms with van der Waals surface area (Å²) in [7, 11) is 0. The number of rotatable bonds is 3. The molecule has 0 heterocycles. The van der Waals surface area contributed by atoms with E-state index in [1.165, 1.54) is 30.3 Å². The first-order chi connectivity index (χ1) is 9.77. The van der Waals surface area contributed by atoms with E-state index >= 15 is 0 Å². The predicted octanol–water partition coefficient (Wildman–Crippen LogP) is 4.74. The molecule has 0 aliphatic heterocycles. The van der Waals surface area contributed by atoms with Crippen LogP contribution in [0, 0.1) is 5.82 Å². The highest BCUT2D eigenvalue weighted by molar-refractivity contribution is 6.30. The highest BCUT2D eigenvalue weighted by Gasteiger charge is 2.29. The first kappa shape index (κ1) is 15.8. The van der Waals surface area contributed by atoms with Crippen molar-refractivity contribution in [3.05, 3.63) is 70.0 Å². The molecule has 2 aromatic rings. The van der Waals surface area contributed by atoms with Crippen LogP contribution in [0.4, 0.5) is 17.6 Å². The lowest BCUT2D eigenvalue weighted by Crippen LogP contribution is -2.13. The van der Waals surface area contributed by atoms with Gasteiger partial charge in [-0.3, -0.25) is 0 Å². The number of nitrogens with two attached hydrogens (primary N) is 1. The van der Waals surface area contributed by atoms with Gasteiger partial charge in [-0.05, 0) is 41.8 Å². The molecule has 112 valence electrons. The van der Waals surface area contributed by atoms with Crippen molar-refractivity contribution in [1.82, 2.24) is 0 Å². The van der Waals surface area contributed by atoms with Gasteiger partial charge in [-0.2, -0.15) is 13.2 Å². The molecule has 2 N–H and O–H groups in total. The molecule has 0 aliphatic rings. The summed E-state index contributed by atoms with van der Waals surface area (Å²) in [4.78, 5) is 0. The maximum atomic E-state index is 13.1. The van der Waals surface area contributed by atoms with Crippen LogP contribution in [0.15, 0.2) is 42.5 Å². The molecule has 0 fully saturated rings. The summed E-state index contributed by atoms with van der Waals surface area (Å²) in [5.74, 6) is -0.540. The summed E-state index contributed by atoms with van der Waals surface area (Å²) in [6.07, 6.45) is -4.02. The molecule has 6 heteroatoms. The van der Waals surface area contributed by atoms with Crippen molar-refractivity contribution in [1.29, 1.82) is 0 Å².